The van der Waals surface area contributed by atoms with Crippen LogP contribution in [0.25, 0.3) is 11.1 Å². The van der Waals surface area contributed by atoms with Gasteiger partial charge in [-0.05, 0) is 42.0 Å². The third kappa shape index (κ3) is 3.27. The molecular formula is C16H12Cl2FNO3. The van der Waals surface area contributed by atoms with Gasteiger partial charge in [0.15, 0.2) is 0 Å². The number of cyclic esters (lactones) is 1. The molecule has 2 aromatic carbocycles. The molecule has 3 rings (SSSR count). The largest absolute Gasteiger partial charge is 0.441 e. The van der Waals surface area contributed by atoms with Gasteiger partial charge in [0.25, 0.3) is 0 Å². The van der Waals surface area contributed by atoms with Crippen LogP contribution >= 0.6 is 23.2 Å². The van der Waals surface area contributed by atoms with Crippen LogP contribution in [-0.4, -0.2) is 30.5 Å². The van der Waals surface area contributed by atoms with E-state index in [-0.39, 0.29) is 13.2 Å². The van der Waals surface area contributed by atoms with Gasteiger partial charge in [0.1, 0.15) is 11.9 Å². The first-order valence-electron chi connectivity index (χ1n) is 6.83. The summed E-state index contributed by atoms with van der Waals surface area (Å²) in [5, 5.41) is 9.86. The van der Waals surface area contributed by atoms with Crippen molar-refractivity contribution in [1.29, 1.82) is 0 Å². The molecule has 1 fully saturated rings. The number of halogens is 3. The monoisotopic (exact) mass is 355 g/mol. The number of aliphatic hydroxyl groups is 1. The van der Waals surface area contributed by atoms with Crippen LogP contribution in [0.2, 0.25) is 10.0 Å². The van der Waals surface area contributed by atoms with E-state index in [9.17, 15) is 9.18 Å². The maximum Gasteiger partial charge on any atom is 0.414 e. The van der Waals surface area contributed by atoms with Gasteiger partial charge in [0, 0.05) is 15.6 Å². The highest BCUT2D eigenvalue weighted by molar-refractivity contribution is 6.35. The van der Waals surface area contributed by atoms with Crippen molar-refractivity contribution in [3.05, 3.63) is 52.3 Å². The molecule has 0 saturated carbocycles. The van der Waals surface area contributed by atoms with Gasteiger partial charge in [-0.25, -0.2) is 9.18 Å². The van der Waals surface area contributed by atoms with Gasteiger partial charge in [-0.1, -0.05) is 23.2 Å². The molecule has 0 unspecified atom stereocenters. The molecule has 23 heavy (non-hydrogen) atoms. The molecule has 7 heteroatoms. The lowest BCUT2D eigenvalue weighted by Crippen LogP contribution is -2.25. The molecule has 0 radical (unpaired) electrons. The zero-order chi connectivity index (χ0) is 16.6. The fourth-order valence-electron chi connectivity index (χ4n) is 2.44. The summed E-state index contributed by atoms with van der Waals surface area (Å²) in [7, 11) is 0. The second-order valence-electron chi connectivity index (χ2n) is 5.12. The fraction of sp³-hybridized carbons (Fsp3) is 0.188. The topological polar surface area (TPSA) is 49.8 Å². The first kappa shape index (κ1) is 16.1. The Morgan fingerprint density at radius 3 is 2.48 bits per heavy atom. The van der Waals surface area contributed by atoms with Crippen LogP contribution in [0.15, 0.2) is 36.4 Å². The second-order valence-corrected chi connectivity index (χ2v) is 5.99. The number of carbonyl (C=O) groups excluding carboxylic acids is 1. The minimum atomic E-state index is -0.609. The lowest BCUT2D eigenvalue weighted by atomic mass is 10.0. The zero-order valence-electron chi connectivity index (χ0n) is 11.8. The first-order valence-corrected chi connectivity index (χ1v) is 7.58. The van der Waals surface area contributed by atoms with Crippen LogP contribution in [-0.2, 0) is 4.74 Å². The zero-order valence-corrected chi connectivity index (χ0v) is 13.3. The van der Waals surface area contributed by atoms with Crippen LogP contribution in [0, 0.1) is 5.82 Å². The third-order valence-electron chi connectivity index (χ3n) is 3.52. The second kappa shape index (κ2) is 6.35. The predicted octanol–water partition coefficient (Wildman–Crippen LogP) is 4.12. The highest BCUT2D eigenvalue weighted by Crippen LogP contribution is 2.32. The van der Waals surface area contributed by atoms with Gasteiger partial charge >= 0.3 is 6.09 Å². The number of amides is 1. The summed E-state index contributed by atoms with van der Waals surface area (Å²) < 4.78 is 19.4. The SMILES string of the molecule is O=C1O[C@@H](CO)CN1c1ccc(-c2cc(Cl)cc(Cl)c2)c(F)c1. The van der Waals surface area contributed by atoms with Crippen molar-refractivity contribution >= 4 is 35.0 Å². The molecule has 120 valence electrons. The Hall–Kier alpha value is -1.82. The van der Waals surface area contributed by atoms with E-state index in [1.54, 1.807) is 30.3 Å². The highest BCUT2D eigenvalue weighted by atomic mass is 35.5. The molecule has 0 spiro atoms. The van der Waals surface area contributed by atoms with Crippen molar-refractivity contribution in [3.63, 3.8) is 0 Å². The third-order valence-corrected chi connectivity index (χ3v) is 3.95. The highest BCUT2D eigenvalue weighted by Gasteiger charge is 2.32. The van der Waals surface area contributed by atoms with Gasteiger partial charge in [-0.2, -0.15) is 0 Å². The van der Waals surface area contributed by atoms with Gasteiger partial charge in [0.2, 0.25) is 0 Å². The Labute approximate surface area is 142 Å². The normalized spacial score (nSPS) is 17.5. The van der Waals surface area contributed by atoms with E-state index in [0.29, 0.717) is 26.9 Å². The molecule has 0 bridgehead atoms. The number of carbonyl (C=O) groups is 1. The predicted molar refractivity (Wildman–Crippen MR) is 86.6 cm³/mol. The standard InChI is InChI=1S/C16H12Cl2FNO3/c17-10-3-9(4-11(18)5-10)14-2-1-12(6-15(14)19)20-7-13(8-21)23-16(20)22/h1-6,13,21H,7-8H2/t13-/m1/s1. The van der Waals surface area contributed by atoms with Crippen LogP contribution in [0.3, 0.4) is 0 Å². The van der Waals surface area contributed by atoms with Gasteiger partial charge in [0.05, 0.1) is 18.8 Å². The number of rotatable bonds is 3. The molecule has 1 N–H and O–H groups in total. The molecule has 2 aromatic rings. The summed E-state index contributed by atoms with van der Waals surface area (Å²) in [6, 6.07) is 9.18. The number of aliphatic hydroxyl groups excluding tert-OH is 1. The molecule has 4 nitrogen and oxygen atoms in total. The molecule has 0 aromatic heterocycles. The van der Waals surface area contributed by atoms with Crippen molar-refractivity contribution in [1.82, 2.24) is 0 Å². The summed E-state index contributed by atoms with van der Waals surface area (Å²) in [5.74, 6) is -0.513. The molecule has 1 saturated heterocycles. The lowest BCUT2D eigenvalue weighted by Gasteiger charge is -2.14. The van der Waals surface area contributed by atoms with Crippen molar-refractivity contribution in [3.8, 4) is 11.1 Å². The molecule has 1 aliphatic rings. The smallest absolute Gasteiger partial charge is 0.414 e. The quantitative estimate of drug-likeness (QED) is 0.900. The van der Waals surface area contributed by atoms with E-state index < -0.39 is 18.0 Å². The summed E-state index contributed by atoms with van der Waals surface area (Å²) in [6.45, 7) is -0.0963. The van der Waals surface area contributed by atoms with Gasteiger partial charge in [-0.3, -0.25) is 4.90 Å². The Morgan fingerprint density at radius 1 is 1.22 bits per heavy atom. The number of ether oxygens (including phenoxy) is 1. The van der Waals surface area contributed by atoms with Gasteiger partial charge in [-0.15, -0.1) is 0 Å². The maximum absolute atomic E-state index is 14.4. The van der Waals surface area contributed by atoms with Crippen LogP contribution in [0.5, 0.6) is 0 Å². The van der Waals surface area contributed by atoms with E-state index in [1.807, 2.05) is 0 Å². The van der Waals surface area contributed by atoms with Crippen molar-refractivity contribution in [2.75, 3.05) is 18.1 Å². The van der Waals surface area contributed by atoms with E-state index in [1.165, 1.54) is 11.0 Å². The van der Waals surface area contributed by atoms with Crippen molar-refractivity contribution in [2.24, 2.45) is 0 Å². The van der Waals surface area contributed by atoms with E-state index in [0.717, 1.165) is 0 Å². The van der Waals surface area contributed by atoms with E-state index >= 15 is 0 Å². The van der Waals surface area contributed by atoms with Gasteiger partial charge < -0.3 is 9.84 Å². The Balaban J connectivity index is 1.94. The molecule has 1 amide bonds. The minimum Gasteiger partial charge on any atom is -0.441 e. The fourth-order valence-corrected chi connectivity index (χ4v) is 2.97. The van der Waals surface area contributed by atoms with Crippen molar-refractivity contribution in [2.45, 2.75) is 6.10 Å². The molecular weight excluding hydrogens is 344 g/mol. The summed E-state index contributed by atoms with van der Waals surface area (Å²) in [6.07, 6.45) is -1.21. The summed E-state index contributed by atoms with van der Waals surface area (Å²) in [5.41, 5.74) is 1.23. The lowest BCUT2D eigenvalue weighted by molar-refractivity contribution is 0.0963. The molecule has 1 atom stereocenters. The minimum absolute atomic E-state index is 0.178. The van der Waals surface area contributed by atoms with E-state index in [2.05, 4.69) is 0 Å². The maximum atomic E-state index is 14.4. The Morgan fingerprint density at radius 2 is 1.91 bits per heavy atom. The van der Waals surface area contributed by atoms with E-state index in [4.69, 9.17) is 33.0 Å². The Bertz CT molecular complexity index is 749. The number of nitrogens with zero attached hydrogens (tertiary/aromatic N) is 1. The van der Waals surface area contributed by atoms with Crippen LogP contribution in [0.4, 0.5) is 14.9 Å². The average molecular weight is 356 g/mol. The number of hydrogen-bond donors (Lipinski definition) is 1. The summed E-state index contributed by atoms with van der Waals surface area (Å²) in [4.78, 5) is 13.0. The molecule has 1 aliphatic heterocycles. The first-order chi connectivity index (χ1) is 11.0. The number of anilines is 1. The van der Waals surface area contributed by atoms with Crippen LogP contribution < -0.4 is 4.90 Å². The average Bonchev–Trinajstić information content (AvgIpc) is 2.87. The molecule has 0 aliphatic carbocycles. The summed E-state index contributed by atoms with van der Waals surface area (Å²) >= 11 is 11.9. The number of hydrogen-bond acceptors (Lipinski definition) is 3. The van der Waals surface area contributed by atoms with Crippen molar-refractivity contribution < 1.29 is 19.0 Å². The number of benzene rings is 2. The van der Waals surface area contributed by atoms with Crippen LogP contribution in [0.1, 0.15) is 0 Å². The molecule has 1 heterocycles. The Kier molecular flexibility index (Phi) is 4.43.